The zero-order chi connectivity index (χ0) is 23.4. The minimum atomic E-state index is -0.231. The predicted molar refractivity (Wildman–Crippen MR) is 128 cm³/mol. The number of benzene rings is 1. The van der Waals surface area contributed by atoms with E-state index in [1.165, 1.54) is 56.9 Å². The summed E-state index contributed by atoms with van der Waals surface area (Å²) in [6.07, 6.45) is 8.27. The average Bonchev–Trinajstić information content (AvgIpc) is 3.49. The number of likely N-dealkylation sites (N-methyl/N-ethyl adjacent to an activating group) is 1. The smallest absolute Gasteiger partial charge is 0.305 e. The number of hydrogen-bond acceptors (Lipinski definition) is 5. The SMILES string of the molecule is COC(=O)CCCN(C)C(=O)c1ccc2c(c1)C13C[C@H](C4(C)CCOCC4)CCC1(C3)N2C. The van der Waals surface area contributed by atoms with Gasteiger partial charge in [0.2, 0.25) is 0 Å². The van der Waals surface area contributed by atoms with Crippen LogP contribution in [0.3, 0.4) is 0 Å². The van der Waals surface area contributed by atoms with Crippen LogP contribution in [0.5, 0.6) is 0 Å². The molecule has 3 atom stereocenters. The molecule has 2 saturated carbocycles. The highest BCUT2D eigenvalue weighted by Gasteiger charge is 2.76. The second-order valence-corrected chi connectivity index (χ2v) is 11.2. The highest BCUT2D eigenvalue weighted by molar-refractivity contribution is 5.95. The number of esters is 1. The first kappa shape index (κ1) is 22.7. The Morgan fingerprint density at radius 3 is 2.73 bits per heavy atom. The van der Waals surface area contributed by atoms with Crippen molar-refractivity contribution in [2.24, 2.45) is 11.3 Å². The Bertz CT molecular complexity index is 955. The molecule has 0 radical (unpaired) electrons. The van der Waals surface area contributed by atoms with Gasteiger partial charge in [-0.25, -0.2) is 0 Å². The van der Waals surface area contributed by atoms with Gasteiger partial charge < -0.3 is 19.3 Å². The number of ether oxygens (including phenoxy) is 2. The molecule has 6 nitrogen and oxygen atoms in total. The maximum atomic E-state index is 13.2. The van der Waals surface area contributed by atoms with Gasteiger partial charge in [0.25, 0.3) is 5.91 Å². The third-order valence-corrected chi connectivity index (χ3v) is 9.69. The molecule has 2 aliphatic carbocycles. The second-order valence-electron chi connectivity index (χ2n) is 11.2. The Kier molecular flexibility index (Phi) is 5.50. The van der Waals surface area contributed by atoms with Gasteiger partial charge in [-0.3, -0.25) is 9.59 Å². The van der Waals surface area contributed by atoms with E-state index in [4.69, 9.17) is 9.47 Å². The fraction of sp³-hybridized carbons (Fsp3) is 0.704. The van der Waals surface area contributed by atoms with Crippen molar-refractivity contribution in [1.82, 2.24) is 4.90 Å². The number of carbonyl (C=O) groups is 2. The maximum Gasteiger partial charge on any atom is 0.305 e. The lowest BCUT2D eigenvalue weighted by Gasteiger charge is -2.46. The second kappa shape index (κ2) is 8.00. The predicted octanol–water partition coefficient (Wildman–Crippen LogP) is 4.16. The minimum Gasteiger partial charge on any atom is -0.469 e. The summed E-state index contributed by atoms with van der Waals surface area (Å²) in [6.45, 7) is 4.81. The summed E-state index contributed by atoms with van der Waals surface area (Å²) in [5.74, 6) is 0.519. The van der Waals surface area contributed by atoms with Crippen molar-refractivity contribution < 1.29 is 19.1 Å². The standard InChI is InChI=1S/C27H38N2O4/c1-25(11-14-33-15-12-25)20-9-10-27-18-26(27,17-20)21-16-19(7-8-22(21)29(27)3)24(31)28(2)13-5-6-23(30)32-4/h7-8,16,20H,5-6,9-15,17-18H2,1-4H3/t20-,26?,27?/m1/s1. The van der Waals surface area contributed by atoms with Crippen molar-refractivity contribution in [2.45, 2.75) is 69.2 Å². The molecule has 1 aromatic carbocycles. The van der Waals surface area contributed by atoms with Gasteiger partial charge in [-0.1, -0.05) is 6.92 Å². The molecule has 6 heteroatoms. The fourth-order valence-electron chi connectivity index (χ4n) is 7.34. The number of carbonyl (C=O) groups excluding carboxylic acids is 2. The van der Waals surface area contributed by atoms with Crippen LogP contribution in [0.4, 0.5) is 5.69 Å². The number of anilines is 1. The molecular formula is C27H38N2O4. The third-order valence-electron chi connectivity index (χ3n) is 9.69. The lowest BCUT2D eigenvalue weighted by atomic mass is 9.62. The molecule has 2 aliphatic heterocycles. The molecule has 1 amide bonds. The lowest BCUT2D eigenvalue weighted by molar-refractivity contribution is -0.140. The van der Waals surface area contributed by atoms with Crippen LogP contribution in [0.15, 0.2) is 18.2 Å². The third kappa shape index (κ3) is 3.39. The van der Waals surface area contributed by atoms with Gasteiger partial charge in [-0.15, -0.1) is 0 Å². The largest absolute Gasteiger partial charge is 0.469 e. The van der Waals surface area contributed by atoms with Gasteiger partial charge in [0.15, 0.2) is 0 Å². The van der Waals surface area contributed by atoms with Crippen molar-refractivity contribution in [3.05, 3.63) is 29.3 Å². The topological polar surface area (TPSA) is 59.1 Å². The van der Waals surface area contributed by atoms with Gasteiger partial charge in [0, 0.05) is 56.9 Å². The first-order valence-corrected chi connectivity index (χ1v) is 12.5. The Morgan fingerprint density at radius 2 is 2.00 bits per heavy atom. The summed E-state index contributed by atoms with van der Waals surface area (Å²) in [5.41, 5.74) is 4.28. The zero-order valence-electron chi connectivity index (χ0n) is 20.6. The van der Waals surface area contributed by atoms with Crippen molar-refractivity contribution in [1.29, 1.82) is 0 Å². The summed E-state index contributed by atoms with van der Waals surface area (Å²) in [5, 5.41) is 0. The van der Waals surface area contributed by atoms with E-state index in [0.717, 1.165) is 24.7 Å². The molecule has 0 aromatic heterocycles. The number of hydrogen-bond donors (Lipinski definition) is 0. The van der Waals surface area contributed by atoms with Crippen LogP contribution in [0.1, 0.15) is 74.2 Å². The van der Waals surface area contributed by atoms with Crippen molar-refractivity contribution in [3.63, 3.8) is 0 Å². The molecule has 33 heavy (non-hydrogen) atoms. The van der Waals surface area contributed by atoms with E-state index in [0.29, 0.717) is 24.8 Å². The molecular weight excluding hydrogens is 416 g/mol. The molecule has 1 saturated heterocycles. The zero-order valence-corrected chi connectivity index (χ0v) is 20.6. The van der Waals surface area contributed by atoms with E-state index < -0.39 is 0 Å². The van der Waals surface area contributed by atoms with Crippen molar-refractivity contribution in [3.8, 4) is 0 Å². The van der Waals surface area contributed by atoms with Crippen LogP contribution >= 0.6 is 0 Å². The van der Waals surface area contributed by atoms with E-state index in [9.17, 15) is 9.59 Å². The van der Waals surface area contributed by atoms with Gasteiger partial charge >= 0.3 is 5.97 Å². The molecule has 0 spiro atoms. The number of rotatable bonds is 6. The Labute approximate surface area is 197 Å². The van der Waals surface area contributed by atoms with Crippen LogP contribution in [-0.2, 0) is 19.7 Å². The van der Waals surface area contributed by atoms with Crippen molar-refractivity contribution >= 4 is 17.6 Å². The van der Waals surface area contributed by atoms with E-state index in [2.05, 4.69) is 31.0 Å². The summed E-state index contributed by atoms with van der Waals surface area (Å²) >= 11 is 0. The van der Waals surface area contributed by atoms with E-state index in [1.807, 2.05) is 13.1 Å². The van der Waals surface area contributed by atoms with Crippen LogP contribution in [0.25, 0.3) is 0 Å². The van der Waals surface area contributed by atoms with Crippen LogP contribution in [0.2, 0.25) is 0 Å². The Morgan fingerprint density at radius 1 is 1.24 bits per heavy atom. The normalized spacial score (nSPS) is 31.3. The van der Waals surface area contributed by atoms with E-state index >= 15 is 0 Å². The minimum absolute atomic E-state index is 0.0311. The number of fused-ring (bicyclic) bond motifs is 1. The van der Waals surface area contributed by atoms with E-state index in [1.54, 1.807) is 4.90 Å². The summed E-state index contributed by atoms with van der Waals surface area (Å²) in [7, 11) is 5.47. The quantitative estimate of drug-likeness (QED) is 0.604. The first-order chi connectivity index (χ1) is 15.8. The van der Waals surface area contributed by atoms with Gasteiger partial charge in [-0.05, 0) is 80.0 Å². The van der Waals surface area contributed by atoms with Gasteiger partial charge in [0.1, 0.15) is 0 Å². The van der Waals surface area contributed by atoms with Crippen LogP contribution < -0.4 is 4.90 Å². The van der Waals surface area contributed by atoms with Crippen LogP contribution in [-0.4, -0.2) is 63.3 Å². The molecule has 1 aromatic rings. The molecule has 0 bridgehead atoms. The van der Waals surface area contributed by atoms with E-state index in [-0.39, 0.29) is 22.8 Å². The molecule has 4 aliphatic rings. The highest BCUT2D eigenvalue weighted by Crippen LogP contribution is 2.76. The monoisotopic (exact) mass is 454 g/mol. The summed E-state index contributed by atoms with van der Waals surface area (Å²) in [6, 6.07) is 6.33. The first-order valence-electron chi connectivity index (χ1n) is 12.5. The molecule has 180 valence electrons. The average molecular weight is 455 g/mol. The molecule has 0 N–H and O–H groups in total. The van der Waals surface area contributed by atoms with Gasteiger partial charge in [0.05, 0.1) is 12.6 Å². The Balaban J connectivity index is 1.36. The number of amides is 1. The fourth-order valence-corrected chi connectivity index (χ4v) is 7.34. The summed E-state index contributed by atoms with van der Waals surface area (Å²) < 4.78 is 10.4. The van der Waals surface area contributed by atoms with Gasteiger partial charge in [-0.2, -0.15) is 0 Å². The molecule has 2 unspecified atom stereocenters. The highest BCUT2D eigenvalue weighted by atomic mass is 16.5. The molecule has 5 rings (SSSR count). The lowest BCUT2D eigenvalue weighted by Crippen LogP contribution is -2.44. The molecule has 3 fully saturated rings. The van der Waals surface area contributed by atoms with Crippen LogP contribution in [0, 0.1) is 11.3 Å². The maximum absolute atomic E-state index is 13.2. The summed E-state index contributed by atoms with van der Waals surface area (Å²) in [4.78, 5) is 28.8. The van der Waals surface area contributed by atoms with Crippen molar-refractivity contribution in [2.75, 3.05) is 45.9 Å². The number of nitrogens with zero attached hydrogens (tertiary/aromatic N) is 2. The molecule has 2 heterocycles. The number of methoxy groups -OCH3 is 1. The Hall–Kier alpha value is -2.08.